The van der Waals surface area contributed by atoms with Crippen LogP contribution >= 0.6 is 0 Å². The van der Waals surface area contributed by atoms with Crippen LogP contribution in [0, 0.1) is 5.92 Å². The molecule has 1 rings (SSSR count). The predicted molar refractivity (Wildman–Crippen MR) is 79.9 cm³/mol. The summed E-state index contributed by atoms with van der Waals surface area (Å²) in [5.41, 5.74) is 2.24. The zero-order valence-electron chi connectivity index (χ0n) is 12.8. The van der Waals surface area contributed by atoms with Gasteiger partial charge in [0.25, 0.3) is 0 Å². The van der Waals surface area contributed by atoms with Crippen molar-refractivity contribution in [2.45, 2.75) is 59.8 Å². The van der Waals surface area contributed by atoms with Gasteiger partial charge in [0.2, 0.25) is 0 Å². The third-order valence-corrected chi connectivity index (χ3v) is 2.98. The van der Waals surface area contributed by atoms with E-state index in [0.717, 1.165) is 31.6 Å². The first-order valence-corrected chi connectivity index (χ1v) is 7.38. The van der Waals surface area contributed by atoms with Crippen LogP contribution in [0.25, 0.3) is 0 Å². The third kappa shape index (κ3) is 7.28. The second-order valence-corrected chi connectivity index (χ2v) is 5.59. The number of aromatic nitrogens is 1. The maximum Gasteiger partial charge on any atom is 0.0891 e. The summed E-state index contributed by atoms with van der Waals surface area (Å²) < 4.78 is 5.74. The highest BCUT2D eigenvalue weighted by Crippen LogP contribution is 2.06. The number of nitrogens with one attached hydrogen (secondary N) is 1. The average molecular weight is 264 g/mol. The van der Waals surface area contributed by atoms with Crippen molar-refractivity contribution >= 4 is 0 Å². The van der Waals surface area contributed by atoms with Crippen LogP contribution in [0.5, 0.6) is 0 Å². The fraction of sp³-hybridized carbons (Fsp3) is 0.688. The van der Waals surface area contributed by atoms with Gasteiger partial charge in [-0.05, 0) is 37.4 Å². The van der Waals surface area contributed by atoms with E-state index in [9.17, 15) is 0 Å². The Hall–Kier alpha value is -0.930. The summed E-state index contributed by atoms with van der Waals surface area (Å²) >= 11 is 0. The normalized spacial score (nSPS) is 12.9. The Labute approximate surface area is 117 Å². The summed E-state index contributed by atoms with van der Waals surface area (Å²) in [6, 6.07) is 4.19. The molecule has 0 fully saturated rings. The Morgan fingerprint density at radius 1 is 1.26 bits per heavy atom. The standard InChI is InChI=1S/C16H28N2O/c1-5-6-14(4)19-12-16-8-7-15(11-18-16)10-17-9-13(2)3/h7-8,11,13-14,17H,5-6,9-10,12H2,1-4H3. The van der Waals surface area contributed by atoms with Crippen LogP contribution < -0.4 is 5.32 Å². The van der Waals surface area contributed by atoms with Crippen LogP contribution in [0.3, 0.4) is 0 Å². The van der Waals surface area contributed by atoms with Gasteiger partial charge in [0, 0.05) is 12.7 Å². The monoisotopic (exact) mass is 264 g/mol. The molecule has 3 heteroatoms. The van der Waals surface area contributed by atoms with E-state index in [1.54, 1.807) is 0 Å². The molecule has 1 unspecified atom stereocenters. The van der Waals surface area contributed by atoms with Crippen LogP contribution in [0.15, 0.2) is 18.3 Å². The van der Waals surface area contributed by atoms with Crippen molar-refractivity contribution in [1.82, 2.24) is 10.3 Å². The number of nitrogens with zero attached hydrogens (tertiary/aromatic N) is 1. The number of hydrogen-bond donors (Lipinski definition) is 1. The zero-order valence-corrected chi connectivity index (χ0v) is 12.8. The molecule has 3 nitrogen and oxygen atoms in total. The van der Waals surface area contributed by atoms with Gasteiger partial charge >= 0.3 is 0 Å². The van der Waals surface area contributed by atoms with Crippen LogP contribution in [0.1, 0.15) is 51.8 Å². The molecule has 1 atom stereocenters. The Morgan fingerprint density at radius 2 is 2.05 bits per heavy atom. The van der Waals surface area contributed by atoms with Gasteiger partial charge in [0.05, 0.1) is 18.4 Å². The average Bonchev–Trinajstić information content (AvgIpc) is 2.38. The topological polar surface area (TPSA) is 34.1 Å². The van der Waals surface area contributed by atoms with E-state index in [2.05, 4.69) is 50.1 Å². The lowest BCUT2D eigenvalue weighted by Crippen LogP contribution is -2.19. The second kappa shape index (κ2) is 9.05. The molecule has 0 bridgehead atoms. The fourth-order valence-electron chi connectivity index (χ4n) is 1.87. The largest absolute Gasteiger partial charge is 0.372 e. The number of rotatable bonds is 9. The summed E-state index contributed by atoms with van der Waals surface area (Å²) in [6.07, 6.45) is 4.53. The molecule has 0 saturated heterocycles. The van der Waals surface area contributed by atoms with Crippen molar-refractivity contribution in [3.05, 3.63) is 29.6 Å². The summed E-state index contributed by atoms with van der Waals surface area (Å²) in [5.74, 6) is 0.681. The number of hydrogen-bond acceptors (Lipinski definition) is 3. The van der Waals surface area contributed by atoms with Gasteiger partial charge in [-0.15, -0.1) is 0 Å². The van der Waals surface area contributed by atoms with Crippen LogP contribution in [0.2, 0.25) is 0 Å². The zero-order chi connectivity index (χ0) is 14.1. The van der Waals surface area contributed by atoms with E-state index < -0.39 is 0 Å². The van der Waals surface area contributed by atoms with E-state index >= 15 is 0 Å². The summed E-state index contributed by atoms with van der Waals surface area (Å²) in [5, 5.41) is 3.42. The van der Waals surface area contributed by atoms with E-state index in [1.165, 1.54) is 5.56 Å². The van der Waals surface area contributed by atoms with Gasteiger partial charge in [0.1, 0.15) is 0 Å². The Balaban J connectivity index is 2.30. The maximum absolute atomic E-state index is 5.74. The highest BCUT2D eigenvalue weighted by atomic mass is 16.5. The molecule has 19 heavy (non-hydrogen) atoms. The molecule has 1 aromatic heterocycles. The molecule has 0 saturated carbocycles. The van der Waals surface area contributed by atoms with Crippen molar-refractivity contribution < 1.29 is 4.74 Å². The highest BCUT2D eigenvalue weighted by molar-refractivity contribution is 5.13. The van der Waals surface area contributed by atoms with Crippen LogP contribution in [-0.4, -0.2) is 17.6 Å². The smallest absolute Gasteiger partial charge is 0.0891 e. The molecule has 0 amide bonds. The quantitative estimate of drug-likeness (QED) is 0.741. The lowest BCUT2D eigenvalue weighted by molar-refractivity contribution is 0.0452. The molecule has 0 spiro atoms. The van der Waals surface area contributed by atoms with Crippen molar-refractivity contribution in [3.8, 4) is 0 Å². The Morgan fingerprint density at radius 3 is 2.63 bits per heavy atom. The molecule has 1 N–H and O–H groups in total. The van der Waals surface area contributed by atoms with Crippen molar-refractivity contribution in [3.63, 3.8) is 0 Å². The van der Waals surface area contributed by atoms with E-state index in [4.69, 9.17) is 4.74 Å². The minimum Gasteiger partial charge on any atom is -0.372 e. The van der Waals surface area contributed by atoms with Gasteiger partial charge in [-0.25, -0.2) is 0 Å². The van der Waals surface area contributed by atoms with E-state index in [1.807, 2.05) is 6.20 Å². The van der Waals surface area contributed by atoms with Gasteiger partial charge in [0.15, 0.2) is 0 Å². The maximum atomic E-state index is 5.74. The van der Waals surface area contributed by atoms with E-state index in [-0.39, 0.29) is 0 Å². The first kappa shape index (κ1) is 16.1. The fourth-order valence-corrected chi connectivity index (χ4v) is 1.87. The van der Waals surface area contributed by atoms with Gasteiger partial charge in [-0.3, -0.25) is 4.98 Å². The Kier molecular flexibility index (Phi) is 7.68. The molecular formula is C16H28N2O. The lowest BCUT2D eigenvalue weighted by atomic mass is 10.2. The molecule has 0 aliphatic heterocycles. The molecule has 1 heterocycles. The molecule has 0 aliphatic rings. The third-order valence-electron chi connectivity index (χ3n) is 2.98. The second-order valence-electron chi connectivity index (χ2n) is 5.59. The molecule has 0 radical (unpaired) electrons. The van der Waals surface area contributed by atoms with Crippen molar-refractivity contribution in [1.29, 1.82) is 0 Å². The molecule has 108 valence electrons. The van der Waals surface area contributed by atoms with Crippen molar-refractivity contribution in [2.75, 3.05) is 6.54 Å². The first-order chi connectivity index (χ1) is 9.11. The molecule has 0 aromatic carbocycles. The van der Waals surface area contributed by atoms with Gasteiger partial charge < -0.3 is 10.1 Å². The van der Waals surface area contributed by atoms with Crippen molar-refractivity contribution in [2.24, 2.45) is 5.92 Å². The lowest BCUT2D eigenvalue weighted by Gasteiger charge is -2.12. The first-order valence-electron chi connectivity index (χ1n) is 7.38. The van der Waals surface area contributed by atoms with Crippen LogP contribution in [-0.2, 0) is 17.9 Å². The highest BCUT2D eigenvalue weighted by Gasteiger charge is 2.02. The minimum absolute atomic E-state index is 0.319. The van der Waals surface area contributed by atoms with Gasteiger partial charge in [-0.2, -0.15) is 0 Å². The Bertz CT molecular complexity index is 335. The molecule has 0 aliphatic carbocycles. The summed E-state index contributed by atoms with van der Waals surface area (Å²) in [7, 11) is 0. The molecular weight excluding hydrogens is 236 g/mol. The summed E-state index contributed by atoms with van der Waals surface area (Å²) in [4.78, 5) is 4.44. The predicted octanol–water partition coefficient (Wildman–Crippen LogP) is 3.53. The van der Waals surface area contributed by atoms with Gasteiger partial charge in [-0.1, -0.05) is 33.3 Å². The van der Waals surface area contributed by atoms with E-state index in [0.29, 0.717) is 18.6 Å². The number of pyridine rings is 1. The summed E-state index contributed by atoms with van der Waals surface area (Å²) in [6.45, 7) is 11.3. The van der Waals surface area contributed by atoms with Crippen LogP contribution in [0.4, 0.5) is 0 Å². The molecule has 1 aromatic rings. The number of ether oxygens (including phenoxy) is 1. The minimum atomic E-state index is 0.319. The SMILES string of the molecule is CCCC(C)OCc1ccc(CNCC(C)C)cn1.